The highest BCUT2D eigenvalue weighted by Gasteiger charge is 2.36. The van der Waals surface area contributed by atoms with Crippen molar-refractivity contribution in [2.75, 3.05) is 0 Å². The van der Waals surface area contributed by atoms with E-state index >= 15 is 0 Å². The smallest absolute Gasteiger partial charge is 0.125 e. The number of aryl methyl sites for hydroxylation is 2. The maximum Gasteiger partial charge on any atom is 0.125 e. The molecule has 21 heavy (non-hydrogen) atoms. The number of benzene rings is 1. The quantitative estimate of drug-likeness (QED) is 0.929. The minimum absolute atomic E-state index is 0.237. The molecule has 0 amide bonds. The highest BCUT2D eigenvalue weighted by Crippen LogP contribution is 2.44. The Hall–Kier alpha value is -1.61. The van der Waals surface area contributed by atoms with Crippen LogP contribution in [-0.4, -0.2) is 9.55 Å². The Morgan fingerprint density at radius 3 is 2.81 bits per heavy atom. The van der Waals surface area contributed by atoms with Crippen LogP contribution in [-0.2, 0) is 13.5 Å². The topological polar surface area (TPSA) is 29.9 Å². The van der Waals surface area contributed by atoms with Gasteiger partial charge < -0.3 is 9.88 Å². The third kappa shape index (κ3) is 2.62. The van der Waals surface area contributed by atoms with Gasteiger partial charge in [0, 0.05) is 25.5 Å². The molecule has 112 valence electrons. The number of hydrogen-bond donors (Lipinski definition) is 1. The molecule has 1 aliphatic rings. The normalized spacial score (nSPS) is 21.8. The highest BCUT2D eigenvalue weighted by molar-refractivity contribution is 5.34. The summed E-state index contributed by atoms with van der Waals surface area (Å²) in [5.41, 5.74) is 3.20. The average Bonchev–Trinajstić information content (AvgIpc) is 2.88. The fraction of sp³-hybridized carbons (Fsp3) is 0.500. The third-order valence-electron chi connectivity index (χ3n) is 4.85. The van der Waals surface area contributed by atoms with E-state index in [9.17, 15) is 0 Å². The van der Waals surface area contributed by atoms with Gasteiger partial charge in [-0.05, 0) is 36.3 Å². The maximum absolute atomic E-state index is 4.49. The monoisotopic (exact) mass is 283 g/mol. The van der Waals surface area contributed by atoms with Gasteiger partial charge in [0.15, 0.2) is 0 Å². The Morgan fingerprint density at radius 1 is 1.33 bits per heavy atom. The Kier molecular flexibility index (Phi) is 3.62. The van der Waals surface area contributed by atoms with Gasteiger partial charge in [-0.15, -0.1) is 0 Å². The lowest BCUT2D eigenvalue weighted by Crippen LogP contribution is -2.39. The number of nitrogens with one attached hydrogen (secondary N) is 1. The van der Waals surface area contributed by atoms with Gasteiger partial charge in [-0.1, -0.05) is 38.1 Å². The van der Waals surface area contributed by atoms with Crippen molar-refractivity contribution in [1.82, 2.24) is 14.9 Å². The molecule has 2 unspecified atom stereocenters. The lowest BCUT2D eigenvalue weighted by Gasteiger charge is -2.42. The maximum atomic E-state index is 4.49. The Labute approximate surface area is 127 Å². The number of rotatable bonds is 3. The molecule has 0 aliphatic heterocycles. The van der Waals surface area contributed by atoms with E-state index in [0.717, 1.165) is 5.82 Å². The molecule has 1 aliphatic carbocycles. The summed E-state index contributed by atoms with van der Waals surface area (Å²) in [5.74, 6) is 1.09. The first-order valence-corrected chi connectivity index (χ1v) is 7.80. The Balaban J connectivity index is 1.91. The zero-order chi connectivity index (χ0) is 15.0. The van der Waals surface area contributed by atoms with Gasteiger partial charge in [0.2, 0.25) is 0 Å². The fourth-order valence-corrected chi connectivity index (χ4v) is 3.50. The molecular formula is C18H25N3. The van der Waals surface area contributed by atoms with E-state index in [4.69, 9.17) is 0 Å². The molecule has 0 spiro atoms. The van der Waals surface area contributed by atoms with Gasteiger partial charge in [0.05, 0.1) is 6.04 Å². The molecule has 3 heteroatoms. The first-order chi connectivity index (χ1) is 9.99. The second-order valence-corrected chi connectivity index (χ2v) is 6.91. The lowest BCUT2D eigenvalue weighted by molar-refractivity contribution is 0.194. The molecule has 3 nitrogen and oxygen atoms in total. The van der Waals surface area contributed by atoms with Gasteiger partial charge in [-0.3, -0.25) is 0 Å². The molecule has 0 bridgehead atoms. The number of imidazole rings is 1. The van der Waals surface area contributed by atoms with Crippen molar-refractivity contribution in [2.45, 2.75) is 45.7 Å². The molecule has 2 atom stereocenters. The minimum Gasteiger partial charge on any atom is -0.337 e. The van der Waals surface area contributed by atoms with E-state index < -0.39 is 0 Å². The van der Waals surface area contributed by atoms with Crippen LogP contribution >= 0.6 is 0 Å². The van der Waals surface area contributed by atoms with Crippen LogP contribution in [0.5, 0.6) is 0 Å². The summed E-state index contributed by atoms with van der Waals surface area (Å²) in [4.78, 5) is 4.49. The molecule has 0 saturated heterocycles. The SMILES string of the molecule is CC(NC1c2ccccc2CCC1(C)C)c1nccn1C. The van der Waals surface area contributed by atoms with Crippen LogP contribution in [0.3, 0.4) is 0 Å². The Bertz CT molecular complexity index is 627. The molecule has 1 aromatic heterocycles. The van der Waals surface area contributed by atoms with Crippen molar-refractivity contribution in [3.63, 3.8) is 0 Å². The van der Waals surface area contributed by atoms with E-state index in [-0.39, 0.29) is 11.5 Å². The van der Waals surface area contributed by atoms with E-state index in [0.29, 0.717) is 6.04 Å². The van der Waals surface area contributed by atoms with Crippen LogP contribution in [0.1, 0.15) is 56.2 Å². The summed E-state index contributed by atoms with van der Waals surface area (Å²) in [7, 11) is 2.06. The van der Waals surface area contributed by atoms with Gasteiger partial charge in [-0.2, -0.15) is 0 Å². The van der Waals surface area contributed by atoms with E-state index in [1.165, 1.54) is 24.0 Å². The predicted octanol–water partition coefficient (Wildman–Crippen LogP) is 3.78. The molecular weight excluding hydrogens is 258 g/mol. The summed E-state index contributed by atoms with van der Waals surface area (Å²) < 4.78 is 2.10. The van der Waals surface area contributed by atoms with E-state index in [1.54, 1.807) is 0 Å². The molecule has 2 aromatic rings. The van der Waals surface area contributed by atoms with Gasteiger partial charge in [0.1, 0.15) is 5.82 Å². The molecule has 1 heterocycles. The van der Waals surface area contributed by atoms with Crippen molar-refractivity contribution in [1.29, 1.82) is 0 Å². The third-order valence-corrected chi connectivity index (χ3v) is 4.85. The summed E-state index contributed by atoms with van der Waals surface area (Å²) in [5, 5.41) is 3.83. The van der Waals surface area contributed by atoms with Crippen LogP contribution < -0.4 is 5.32 Å². The Morgan fingerprint density at radius 2 is 2.10 bits per heavy atom. The average molecular weight is 283 g/mol. The number of hydrogen-bond acceptors (Lipinski definition) is 2. The lowest BCUT2D eigenvalue weighted by atomic mass is 9.70. The fourth-order valence-electron chi connectivity index (χ4n) is 3.50. The van der Waals surface area contributed by atoms with Crippen molar-refractivity contribution < 1.29 is 0 Å². The van der Waals surface area contributed by atoms with Crippen molar-refractivity contribution in [3.05, 3.63) is 53.6 Å². The second kappa shape index (κ2) is 5.30. The highest BCUT2D eigenvalue weighted by atomic mass is 15.1. The van der Waals surface area contributed by atoms with Crippen LogP contribution in [0, 0.1) is 5.41 Å². The van der Waals surface area contributed by atoms with E-state index in [1.807, 2.05) is 12.4 Å². The molecule has 0 fully saturated rings. The van der Waals surface area contributed by atoms with Gasteiger partial charge in [-0.25, -0.2) is 4.98 Å². The van der Waals surface area contributed by atoms with Crippen LogP contribution in [0.15, 0.2) is 36.7 Å². The zero-order valence-electron chi connectivity index (χ0n) is 13.4. The molecule has 0 saturated carbocycles. The van der Waals surface area contributed by atoms with Crippen LogP contribution in [0.4, 0.5) is 0 Å². The predicted molar refractivity (Wildman–Crippen MR) is 86.0 cm³/mol. The molecule has 3 rings (SSSR count). The van der Waals surface area contributed by atoms with Crippen LogP contribution in [0.2, 0.25) is 0 Å². The summed E-state index contributed by atoms with van der Waals surface area (Å²) in [6.07, 6.45) is 6.27. The van der Waals surface area contributed by atoms with E-state index in [2.05, 4.69) is 67.0 Å². The number of aromatic nitrogens is 2. The molecule has 1 N–H and O–H groups in total. The number of nitrogens with zero attached hydrogens (tertiary/aromatic N) is 2. The second-order valence-electron chi connectivity index (χ2n) is 6.91. The molecule has 0 radical (unpaired) electrons. The van der Waals surface area contributed by atoms with Gasteiger partial charge >= 0.3 is 0 Å². The molecule has 1 aromatic carbocycles. The van der Waals surface area contributed by atoms with Crippen molar-refractivity contribution >= 4 is 0 Å². The number of fused-ring (bicyclic) bond motifs is 1. The van der Waals surface area contributed by atoms with Crippen molar-refractivity contribution in [2.24, 2.45) is 12.5 Å². The van der Waals surface area contributed by atoms with Crippen LogP contribution in [0.25, 0.3) is 0 Å². The standard InChI is InChI=1S/C18H25N3/c1-13(17-19-11-12-21(17)4)20-16-15-8-6-5-7-14(15)9-10-18(16,2)3/h5-8,11-13,16,20H,9-10H2,1-4H3. The first kappa shape index (κ1) is 14.3. The summed E-state index contributed by atoms with van der Waals surface area (Å²) in [6.45, 7) is 6.94. The summed E-state index contributed by atoms with van der Waals surface area (Å²) >= 11 is 0. The summed E-state index contributed by atoms with van der Waals surface area (Å²) in [6, 6.07) is 9.45. The zero-order valence-corrected chi connectivity index (χ0v) is 13.4. The van der Waals surface area contributed by atoms with Crippen molar-refractivity contribution in [3.8, 4) is 0 Å². The minimum atomic E-state index is 0.237. The van der Waals surface area contributed by atoms with Gasteiger partial charge in [0.25, 0.3) is 0 Å². The first-order valence-electron chi connectivity index (χ1n) is 7.80. The largest absolute Gasteiger partial charge is 0.337 e.